The van der Waals surface area contributed by atoms with Gasteiger partial charge in [0.15, 0.2) is 0 Å². The van der Waals surface area contributed by atoms with Crippen molar-refractivity contribution in [2.24, 2.45) is 11.7 Å². The van der Waals surface area contributed by atoms with Gasteiger partial charge in [-0.15, -0.1) is 0 Å². The number of nitrogens with two attached hydrogens (primary N) is 1. The third kappa shape index (κ3) is 7.69. The minimum atomic E-state index is -3.99. The Morgan fingerprint density at radius 3 is 2.43 bits per heavy atom. The maximum atomic E-state index is 13.7. The summed E-state index contributed by atoms with van der Waals surface area (Å²) in [6.45, 7) is 4.62. The first kappa shape index (κ1) is 31.9. The number of benzene rings is 3. The Labute approximate surface area is 252 Å². The second kappa shape index (κ2) is 14.0. The maximum absolute atomic E-state index is 13.7. The van der Waals surface area contributed by atoms with Crippen molar-refractivity contribution in [3.63, 3.8) is 0 Å². The molecule has 0 saturated carbocycles. The summed E-state index contributed by atoms with van der Waals surface area (Å²) in [5.74, 6) is -0.257. The van der Waals surface area contributed by atoms with E-state index in [-0.39, 0.29) is 42.1 Å². The van der Waals surface area contributed by atoms with Crippen LogP contribution in [-0.4, -0.2) is 68.8 Å². The molecule has 42 heavy (non-hydrogen) atoms. The van der Waals surface area contributed by atoms with Crippen molar-refractivity contribution in [3.05, 3.63) is 95.0 Å². The van der Waals surface area contributed by atoms with Gasteiger partial charge < -0.3 is 25.6 Å². The van der Waals surface area contributed by atoms with Gasteiger partial charge in [-0.05, 0) is 55.3 Å². The van der Waals surface area contributed by atoms with Crippen molar-refractivity contribution >= 4 is 27.5 Å². The number of nitrogens with zero attached hydrogens (tertiary/aromatic N) is 1. The molecule has 0 bridgehead atoms. The van der Waals surface area contributed by atoms with E-state index in [9.17, 15) is 18.3 Å². The van der Waals surface area contributed by atoms with Gasteiger partial charge in [-0.3, -0.25) is 4.79 Å². The van der Waals surface area contributed by atoms with Crippen molar-refractivity contribution < 1.29 is 27.8 Å². The van der Waals surface area contributed by atoms with Crippen LogP contribution >= 0.6 is 11.6 Å². The highest BCUT2D eigenvalue weighted by atomic mass is 35.5. The van der Waals surface area contributed by atoms with E-state index in [1.165, 1.54) is 22.5 Å². The largest absolute Gasteiger partial charge is 0.488 e. The maximum Gasteiger partial charge on any atom is 0.252 e. The molecule has 4 rings (SSSR count). The van der Waals surface area contributed by atoms with Crippen LogP contribution in [0.2, 0.25) is 5.02 Å². The summed E-state index contributed by atoms with van der Waals surface area (Å²) in [7, 11) is -3.99. The van der Waals surface area contributed by atoms with Gasteiger partial charge in [-0.1, -0.05) is 67.1 Å². The molecule has 226 valence electrons. The molecule has 9 nitrogen and oxygen atoms in total. The summed E-state index contributed by atoms with van der Waals surface area (Å²) in [5, 5.41) is 15.0. The predicted molar refractivity (Wildman–Crippen MR) is 162 cm³/mol. The Balaban J connectivity index is 1.65. The molecular weight excluding hydrogens is 578 g/mol. The lowest BCUT2D eigenvalue weighted by Gasteiger charge is -2.38. The summed E-state index contributed by atoms with van der Waals surface area (Å²) in [4.78, 5) is 13.8. The van der Waals surface area contributed by atoms with Crippen molar-refractivity contribution in [3.8, 4) is 5.75 Å². The topological polar surface area (TPSA) is 131 Å². The normalized spacial score (nSPS) is 18.3. The Bertz CT molecular complexity index is 1440. The number of ether oxygens (including phenoxy) is 2. The fourth-order valence-electron chi connectivity index (χ4n) is 4.81. The van der Waals surface area contributed by atoms with Crippen LogP contribution in [0.1, 0.15) is 36.2 Å². The van der Waals surface area contributed by atoms with Crippen LogP contribution in [0.3, 0.4) is 0 Å². The van der Waals surface area contributed by atoms with Crippen molar-refractivity contribution in [1.82, 2.24) is 9.62 Å². The van der Waals surface area contributed by atoms with Crippen LogP contribution in [0.15, 0.2) is 83.8 Å². The van der Waals surface area contributed by atoms with Gasteiger partial charge in [0.2, 0.25) is 10.0 Å². The molecule has 1 saturated heterocycles. The van der Waals surface area contributed by atoms with Crippen molar-refractivity contribution in [2.75, 3.05) is 32.8 Å². The van der Waals surface area contributed by atoms with Gasteiger partial charge in [0.1, 0.15) is 11.9 Å². The number of carbonyl (C=O) groups is 1. The number of carbonyl (C=O) groups excluding carboxylic acids is 1. The molecule has 11 heteroatoms. The van der Waals surface area contributed by atoms with Gasteiger partial charge in [0, 0.05) is 30.1 Å². The number of sulfonamides is 1. The number of amides is 1. The lowest BCUT2D eigenvalue weighted by molar-refractivity contribution is 0.0439. The molecule has 4 N–H and O–H groups in total. The van der Waals surface area contributed by atoms with Crippen molar-refractivity contribution in [2.45, 2.75) is 42.9 Å². The number of hydrogen-bond acceptors (Lipinski definition) is 7. The van der Waals surface area contributed by atoms with Crippen LogP contribution in [-0.2, 0) is 20.3 Å². The van der Waals surface area contributed by atoms with Crippen LogP contribution in [0.25, 0.3) is 0 Å². The Kier molecular flexibility index (Phi) is 10.6. The zero-order valence-electron chi connectivity index (χ0n) is 23.8. The van der Waals surface area contributed by atoms with Crippen LogP contribution in [0.4, 0.5) is 0 Å². The highest BCUT2D eigenvalue weighted by molar-refractivity contribution is 7.89. The lowest BCUT2D eigenvalue weighted by atomic mass is 9.85. The molecule has 3 aromatic rings. The number of nitrogens with one attached hydrogen (secondary N) is 1. The third-order valence-electron chi connectivity index (χ3n) is 7.41. The average Bonchev–Trinajstić information content (AvgIpc) is 3.50. The molecule has 0 aromatic heterocycles. The number of aliphatic hydroxyl groups is 1. The molecule has 0 spiro atoms. The predicted octanol–water partition coefficient (Wildman–Crippen LogP) is 3.80. The Hall–Kier alpha value is -2.99. The zero-order chi connectivity index (χ0) is 30.3. The number of hydrogen-bond donors (Lipinski definition) is 3. The summed E-state index contributed by atoms with van der Waals surface area (Å²) >= 11 is 6.35. The first-order valence-corrected chi connectivity index (χ1v) is 15.7. The van der Waals surface area contributed by atoms with E-state index in [1.807, 2.05) is 13.0 Å². The molecule has 1 aliphatic heterocycles. The quantitative estimate of drug-likeness (QED) is 0.267. The highest BCUT2D eigenvalue weighted by Crippen LogP contribution is 2.30. The van der Waals surface area contributed by atoms with E-state index in [1.54, 1.807) is 61.5 Å². The van der Waals surface area contributed by atoms with Gasteiger partial charge in [-0.25, -0.2) is 8.42 Å². The highest BCUT2D eigenvalue weighted by Gasteiger charge is 2.40. The summed E-state index contributed by atoms with van der Waals surface area (Å²) in [6, 6.07) is 21.7. The summed E-state index contributed by atoms with van der Waals surface area (Å²) < 4.78 is 40.0. The monoisotopic (exact) mass is 615 g/mol. The number of rotatable bonds is 13. The molecular formula is C31H38ClN3O6S. The van der Waals surface area contributed by atoms with Gasteiger partial charge >= 0.3 is 0 Å². The summed E-state index contributed by atoms with van der Waals surface area (Å²) in [5.41, 5.74) is 5.28. The fraction of sp³-hybridized carbons (Fsp3) is 0.387. The molecule has 1 amide bonds. The van der Waals surface area contributed by atoms with Crippen LogP contribution in [0, 0.1) is 5.92 Å². The SMILES string of the molecule is CC(CN)CN(C[C@@H](O)[C@@](C)(NC(=O)c1cc(Cl)cc(O[C@H]2CCOC2)c1)c1ccccc1)S(=O)(=O)c1ccccc1. The third-order valence-corrected chi connectivity index (χ3v) is 9.48. The lowest BCUT2D eigenvalue weighted by Crippen LogP contribution is -2.56. The summed E-state index contributed by atoms with van der Waals surface area (Å²) in [6.07, 6.45) is -0.751. The minimum Gasteiger partial charge on any atom is -0.488 e. The smallest absolute Gasteiger partial charge is 0.252 e. The van der Waals surface area contributed by atoms with Crippen molar-refractivity contribution in [1.29, 1.82) is 0 Å². The number of halogens is 1. The van der Waals surface area contributed by atoms with E-state index in [4.69, 9.17) is 26.8 Å². The van der Waals surface area contributed by atoms with E-state index in [0.717, 1.165) is 6.42 Å². The second-order valence-corrected chi connectivity index (χ2v) is 13.2. The molecule has 0 radical (unpaired) electrons. The van der Waals surface area contributed by atoms with Crippen LogP contribution < -0.4 is 15.8 Å². The van der Waals surface area contributed by atoms with E-state index in [2.05, 4.69) is 5.32 Å². The van der Waals surface area contributed by atoms with Gasteiger partial charge in [-0.2, -0.15) is 4.31 Å². The minimum absolute atomic E-state index is 0.0868. The first-order valence-electron chi connectivity index (χ1n) is 13.9. The molecule has 1 unspecified atom stereocenters. The molecule has 0 aliphatic carbocycles. The molecule has 3 aromatic carbocycles. The Morgan fingerprint density at radius 1 is 1.14 bits per heavy atom. The van der Waals surface area contributed by atoms with E-state index >= 15 is 0 Å². The van der Waals surface area contributed by atoms with Gasteiger partial charge in [0.25, 0.3) is 5.91 Å². The number of aliphatic hydroxyl groups excluding tert-OH is 1. The first-order chi connectivity index (χ1) is 20.0. The molecule has 4 atom stereocenters. The van der Waals surface area contributed by atoms with E-state index < -0.39 is 27.6 Å². The average molecular weight is 616 g/mol. The Morgan fingerprint density at radius 2 is 1.81 bits per heavy atom. The molecule has 1 aliphatic rings. The van der Waals surface area contributed by atoms with E-state index in [0.29, 0.717) is 29.5 Å². The molecule has 1 fully saturated rings. The standard InChI is InChI=1S/C31H38ClN3O6S/c1-22(18-33)19-35(42(38,39)28-11-7-4-8-12-28)20-29(36)31(2,24-9-5-3-6-10-24)34-30(37)23-15-25(32)17-27(16-23)41-26-13-14-40-21-26/h3-12,15-17,22,26,29,36H,13-14,18-21,33H2,1-2H3,(H,34,37)/t22?,26-,29+,31-/m0/s1. The molecule has 1 heterocycles. The second-order valence-electron chi connectivity index (χ2n) is 10.8. The zero-order valence-corrected chi connectivity index (χ0v) is 25.4. The van der Waals surface area contributed by atoms with Gasteiger partial charge in [0.05, 0.1) is 29.8 Å². The fourth-order valence-corrected chi connectivity index (χ4v) is 6.62. The van der Waals surface area contributed by atoms with Crippen LogP contribution in [0.5, 0.6) is 5.75 Å².